The van der Waals surface area contributed by atoms with Crippen molar-refractivity contribution in [2.75, 3.05) is 14.2 Å². The van der Waals surface area contributed by atoms with Gasteiger partial charge in [-0.25, -0.2) is 9.98 Å². The lowest BCUT2D eigenvalue weighted by molar-refractivity contribution is -0.124. The van der Waals surface area contributed by atoms with Crippen LogP contribution in [0.1, 0.15) is 6.92 Å². The molecule has 0 saturated carbocycles. The minimum Gasteiger partial charge on any atom is -0.490 e. The molecule has 2 rings (SSSR count). The molecule has 21 heavy (non-hydrogen) atoms. The van der Waals surface area contributed by atoms with Crippen molar-refractivity contribution >= 4 is 39.0 Å². The van der Waals surface area contributed by atoms with Gasteiger partial charge in [0.05, 0.1) is 20.1 Å². The maximum absolute atomic E-state index is 12.4. The molecule has 7 heteroatoms. The van der Waals surface area contributed by atoms with E-state index in [-0.39, 0.29) is 23.0 Å². The molecule has 110 valence electrons. The summed E-state index contributed by atoms with van der Waals surface area (Å²) in [5, 5.41) is 0. The van der Waals surface area contributed by atoms with Gasteiger partial charge < -0.3 is 9.47 Å². The first-order valence-electron chi connectivity index (χ1n) is 6.11. The van der Waals surface area contributed by atoms with E-state index in [4.69, 9.17) is 9.47 Å². The number of hydrogen-bond acceptors (Lipinski definition) is 6. The fourth-order valence-corrected chi connectivity index (χ4v) is 2.17. The number of carbonyl (C=O) groups is 2. The molecule has 1 unspecified atom stereocenters. The van der Waals surface area contributed by atoms with Crippen LogP contribution in [0.4, 0.5) is 5.82 Å². The predicted octanol–water partition coefficient (Wildman–Crippen LogP) is 2.21. The number of hydrogen-bond donors (Lipinski definition) is 0. The summed E-state index contributed by atoms with van der Waals surface area (Å²) in [6, 6.07) is 3.39. The number of pyridine rings is 1. The first kappa shape index (κ1) is 15.4. The zero-order valence-corrected chi connectivity index (χ0v) is 13.3. The monoisotopic (exact) mass is 352 g/mol. The van der Waals surface area contributed by atoms with Crippen LogP contribution in [-0.4, -0.2) is 36.5 Å². The van der Waals surface area contributed by atoms with E-state index >= 15 is 0 Å². The summed E-state index contributed by atoms with van der Waals surface area (Å²) in [4.78, 5) is 32.8. The van der Waals surface area contributed by atoms with E-state index in [9.17, 15) is 9.59 Å². The molecule has 0 amide bonds. The van der Waals surface area contributed by atoms with Crippen LogP contribution in [0, 0.1) is 5.92 Å². The summed E-state index contributed by atoms with van der Waals surface area (Å²) in [6.45, 7) is 1.60. The lowest BCUT2D eigenvalue weighted by Crippen LogP contribution is -2.37. The van der Waals surface area contributed by atoms with Gasteiger partial charge in [0.1, 0.15) is 5.71 Å². The molecule has 0 bridgehead atoms. The maximum Gasteiger partial charge on any atom is 0.246 e. The summed E-state index contributed by atoms with van der Waals surface area (Å²) in [5.41, 5.74) is 0.0903. The molecule has 6 nitrogen and oxygen atoms in total. The number of aliphatic imine (C=N–C) groups is 1. The second-order valence-corrected chi connectivity index (χ2v) is 5.23. The number of halogens is 1. The molecule has 1 heterocycles. The summed E-state index contributed by atoms with van der Waals surface area (Å²) in [7, 11) is 2.63. The van der Waals surface area contributed by atoms with E-state index in [1.165, 1.54) is 14.2 Å². The van der Waals surface area contributed by atoms with Crippen molar-refractivity contribution in [3.8, 4) is 0 Å². The van der Waals surface area contributed by atoms with Crippen LogP contribution in [0.15, 0.2) is 39.3 Å². The van der Waals surface area contributed by atoms with Crippen molar-refractivity contribution in [1.29, 1.82) is 0 Å². The predicted molar refractivity (Wildman–Crippen MR) is 79.3 cm³/mol. The quantitative estimate of drug-likeness (QED) is 0.833. The van der Waals surface area contributed by atoms with E-state index in [1.807, 2.05) is 0 Å². The number of aromatic nitrogens is 1. The first-order valence-corrected chi connectivity index (χ1v) is 6.90. The van der Waals surface area contributed by atoms with Crippen LogP contribution in [-0.2, 0) is 19.1 Å². The summed E-state index contributed by atoms with van der Waals surface area (Å²) < 4.78 is 10.8. The normalized spacial score (nSPS) is 21.0. The van der Waals surface area contributed by atoms with Gasteiger partial charge in [-0.3, -0.25) is 9.59 Å². The lowest BCUT2D eigenvalue weighted by atomic mass is 9.89. The van der Waals surface area contributed by atoms with Gasteiger partial charge in [-0.05, 0) is 35.0 Å². The minimum absolute atomic E-state index is 0.0716. The Morgan fingerprint density at radius 2 is 1.86 bits per heavy atom. The van der Waals surface area contributed by atoms with Gasteiger partial charge in [0, 0.05) is 10.7 Å². The Balaban J connectivity index is 2.50. The zero-order chi connectivity index (χ0) is 15.6. The lowest BCUT2D eigenvalue weighted by Gasteiger charge is -2.22. The van der Waals surface area contributed by atoms with E-state index in [0.29, 0.717) is 5.82 Å². The van der Waals surface area contributed by atoms with Gasteiger partial charge in [0.15, 0.2) is 5.82 Å². The molecule has 1 aliphatic carbocycles. The SMILES string of the molecule is COC1=C(OC)C(=O)C(C)C(=Nc2ccc(Br)cn2)C1=O. The number of carbonyl (C=O) groups excluding carboxylic acids is 2. The third-order valence-electron chi connectivity index (χ3n) is 3.03. The molecule has 1 aromatic rings. The van der Waals surface area contributed by atoms with E-state index in [2.05, 4.69) is 25.9 Å². The van der Waals surface area contributed by atoms with Crippen molar-refractivity contribution in [1.82, 2.24) is 4.98 Å². The van der Waals surface area contributed by atoms with Crippen molar-refractivity contribution in [2.45, 2.75) is 6.92 Å². The van der Waals surface area contributed by atoms with Crippen molar-refractivity contribution < 1.29 is 19.1 Å². The average molecular weight is 353 g/mol. The largest absolute Gasteiger partial charge is 0.490 e. The highest BCUT2D eigenvalue weighted by Crippen LogP contribution is 2.25. The smallest absolute Gasteiger partial charge is 0.246 e. The molecular weight excluding hydrogens is 340 g/mol. The fraction of sp³-hybridized carbons (Fsp3) is 0.286. The molecule has 0 N–H and O–H groups in total. The van der Waals surface area contributed by atoms with E-state index in [1.54, 1.807) is 25.3 Å². The van der Waals surface area contributed by atoms with Crippen LogP contribution in [0.5, 0.6) is 0 Å². The highest BCUT2D eigenvalue weighted by atomic mass is 79.9. The summed E-state index contributed by atoms with van der Waals surface area (Å²) in [5.74, 6) is -1.38. The number of ketones is 2. The van der Waals surface area contributed by atoms with Crippen LogP contribution in [0.25, 0.3) is 0 Å². The highest BCUT2D eigenvalue weighted by Gasteiger charge is 2.40. The van der Waals surface area contributed by atoms with Gasteiger partial charge in [0.25, 0.3) is 0 Å². The molecule has 0 aromatic carbocycles. The first-order chi connectivity index (χ1) is 9.99. The number of nitrogens with zero attached hydrogens (tertiary/aromatic N) is 2. The zero-order valence-electron chi connectivity index (χ0n) is 11.7. The van der Waals surface area contributed by atoms with Crippen LogP contribution < -0.4 is 0 Å². The summed E-state index contributed by atoms with van der Waals surface area (Å²) in [6.07, 6.45) is 1.56. The van der Waals surface area contributed by atoms with Crippen LogP contribution >= 0.6 is 15.9 Å². The molecular formula is C14H13BrN2O4. The van der Waals surface area contributed by atoms with Crippen LogP contribution in [0.3, 0.4) is 0 Å². The average Bonchev–Trinajstić information content (AvgIpc) is 2.49. The third kappa shape index (κ3) is 2.87. The highest BCUT2D eigenvalue weighted by molar-refractivity contribution is 9.10. The number of rotatable bonds is 3. The van der Waals surface area contributed by atoms with Crippen molar-refractivity contribution in [3.63, 3.8) is 0 Å². The van der Waals surface area contributed by atoms with Crippen LogP contribution in [0.2, 0.25) is 0 Å². The van der Waals surface area contributed by atoms with E-state index in [0.717, 1.165) is 4.47 Å². The molecule has 0 aliphatic heterocycles. The topological polar surface area (TPSA) is 77.8 Å². The molecule has 0 spiro atoms. The molecule has 0 fully saturated rings. The Hall–Kier alpha value is -2.02. The number of allylic oxidation sites excluding steroid dienone is 2. The molecule has 1 aliphatic rings. The van der Waals surface area contributed by atoms with Crippen molar-refractivity contribution in [2.24, 2.45) is 10.9 Å². The Morgan fingerprint density at radius 3 is 2.38 bits per heavy atom. The summed E-state index contributed by atoms with van der Waals surface area (Å²) >= 11 is 3.27. The third-order valence-corrected chi connectivity index (χ3v) is 3.50. The number of ether oxygens (including phenoxy) is 2. The number of methoxy groups -OCH3 is 2. The van der Waals surface area contributed by atoms with Crippen molar-refractivity contribution in [3.05, 3.63) is 34.3 Å². The van der Waals surface area contributed by atoms with Gasteiger partial charge in [-0.2, -0.15) is 0 Å². The molecule has 1 aromatic heterocycles. The Labute approximate surface area is 130 Å². The Bertz CT molecular complexity index is 649. The second-order valence-electron chi connectivity index (χ2n) is 4.31. The Kier molecular flexibility index (Phi) is 4.52. The van der Waals surface area contributed by atoms with Gasteiger partial charge in [0.2, 0.25) is 23.1 Å². The standard InChI is InChI=1S/C14H13BrN2O4/c1-7-10(17-9-5-4-8(15)6-16-9)12(19)14(21-3)13(20-2)11(7)18/h4-7H,1-3H3. The van der Waals surface area contributed by atoms with Gasteiger partial charge in [-0.15, -0.1) is 0 Å². The van der Waals surface area contributed by atoms with Gasteiger partial charge in [-0.1, -0.05) is 0 Å². The fourth-order valence-electron chi connectivity index (χ4n) is 1.93. The molecule has 1 atom stereocenters. The van der Waals surface area contributed by atoms with Gasteiger partial charge >= 0.3 is 0 Å². The molecule has 0 radical (unpaired) electrons. The molecule has 0 saturated heterocycles. The number of Topliss-reactive ketones (excluding diaryl/α,β-unsaturated/α-hetero) is 2. The second kappa shape index (κ2) is 6.17. The Morgan fingerprint density at radius 1 is 1.19 bits per heavy atom. The van der Waals surface area contributed by atoms with E-state index < -0.39 is 11.7 Å². The maximum atomic E-state index is 12.4. The minimum atomic E-state index is -0.711.